The third-order valence-electron chi connectivity index (χ3n) is 6.42. The second-order valence-corrected chi connectivity index (χ2v) is 8.46. The molecule has 0 spiro atoms. The number of hydrogen-bond donors (Lipinski definition) is 2. The molecule has 21 heavy (non-hydrogen) atoms. The molecular formula is C18H35NO2. The summed E-state index contributed by atoms with van der Waals surface area (Å²) in [6, 6.07) is 0. The van der Waals surface area contributed by atoms with Gasteiger partial charge in [0.15, 0.2) is 0 Å². The van der Waals surface area contributed by atoms with Crippen molar-refractivity contribution < 1.29 is 9.84 Å². The van der Waals surface area contributed by atoms with Crippen molar-refractivity contribution in [2.45, 2.75) is 72.5 Å². The molecule has 0 saturated heterocycles. The molecule has 2 aliphatic carbocycles. The van der Waals surface area contributed by atoms with Gasteiger partial charge in [0.25, 0.3) is 0 Å². The quantitative estimate of drug-likeness (QED) is 0.723. The highest BCUT2D eigenvalue weighted by Gasteiger charge is 2.61. The predicted octanol–water partition coefficient (Wildman–Crippen LogP) is 3.21. The lowest BCUT2D eigenvalue weighted by atomic mass is 9.70. The molecule has 2 aliphatic rings. The molecule has 0 amide bonds. The van der Waals surface area contributed by atoms with Crippen LogP contribution >= 0.6 is 0 Å². The zero-order chi connectivity index (χ0) is 15.7. The molecule has 0 aromatic rings. The van der Waals surface area contributed by atoms with E-state index < -0.39 is 0 Å². The summed E-state index contributed by atoms with van der Waals surface area (Å²) in [5.41, 5.74) is 0.744. The molecule has 124 valence electrons. The van der Waals surface area contributed by atoms with E-state index in [1.807, 2.05) is 0 Å². The fraction of sp³-hybridized carbons (Fsp3) is 1.00. The summed E-state index contributed by atoms with van der Waals surface area (Å²) in [6.07, 6.45) is 4.72. The number of aliphatic hydroxyl groups is 1. The van der Waals surface area contributed by atoms with E-state index in [1.54, 1.807) is 0 Å². The molecule has 0 aliphatic heterocycles. The van der Waals surface area contributed by atoms with Gasteiger partial charge in [0.05, 0.1) is 12.2 Å². The van der Waals surface area contributed by atoms with Gasteiger partial charge in [-0.2, -0.15) is 0 Å². The van der Waals surface area contributed by atoms with Gasteiger partial charge < -0.3 is 15.2 Å². The van der Waals surface area contributed by atoms with Crippen LogP contribution in [0.1, 0.15) is 60.3 Å². The maximum absolute atomic E-state index is 9.99. The monoisotopic (exact) mass is 297 g/mol. The van der Waals surface area contributed by atoms with Crippen molar-refractivity contribution in [2.75, 3.05) is 19.7 Å². The van der Waals surface area contributed by atoms with Gasteiger partial charge in [-0.25, -0.2) is 0 Å². The van der Waals surface area contributed by atoms with Crippen molar-refractivity contribution in [1.29, 1.82) is 0 Å². The largest absolute Gasteiger partial charge is 0.392 e. The molecule has 0 aromatic heterocycles. The summed E-state index contributed by atoms with van der Waals surface area (Å²) in [7, 11) is 0. The number of ether oxygens (including phenoxy) is 1. The lowest BCUT2D eigenvalue weighted by Gasteiger charge is -2.39. The Morgan fingerprint density at radius 3 is 2.48 bits per heavy atom. The lowest BCUT2D eigenvalue weighted by Crippen LogP contribution is -2.38. The van der Waals surface area contributed by atoms with E-state index in [4.69, 9.17) is 4.74 Å². The van der Waals surface area contributed by atoms with Crippen molar-refractivity contribution in [3.8, 4) is 0 Å². The van der Waals surface area contributed by atoms with E-state index in [-0.39, 0.29) is 6.10 Å². The van der Waals surface area contributed by atoms with Crippen LogP contribution in [0.2, 0.25) is 0 Å². The van der Waals surface area contributed by atoms with Crippen LogP contribution in [0.5, 0.6) is 0 Å². The minimum absolute atomic E-state index is 0.289. The van der Waals surface area contributed by atoms with Gasteiger partial charge >= 0.3 is 0 Å². The smallest absolute Gasteiger partial charge is 0.0686 e. The van der Waals surface area contributed by atoms with Gasteiger partial charge in [-0.1, -0.05) is 34.6 Å². The van der Waals surface area contributed by atoms with Crippen LogP contribution in [0, 0.1) is 22.7 Å². The topological polar surface area (TPSA) is 41.5 Å². The van der Waals surface area contributed by atoms with Gasteiger partial charge in [-0.05, 0) is 54.9 Å². The van der Waals surface area contributed by atoms with Crippen LogP contribution < -0.4 is 5.32 Å². The van der Waals surface area contributed by atoms with E-state index in [1.165, 1.54) is 19.3 Å². The van der Waals surface area contributed by atoms with Crippen LogP contribution in [-0.2, 0) is 4.74 Å². The average molecular weight is 297 g/mol. The summed E-state index contributed by atoms with van der Waals surface area (Å²) in [4.78, 5) is 0. The van der Waals surface area contributed by atoms with E-state index in [9.17, 15) is 5.11 Å². The maximum Gasteiger partial charge on any atom is 0.0686 e. The predicted molar refractivity (Wildman–Crippen MR) is 87.3 cm³/mol. The summed E-state index contributed by atoms with van der Waals surface area (Å²) in [6.45, 7) is 13.9. The second kappa shape index (κ2) is 6.55. The zero-order valence-electron chi connectivity index (χ0n) is 14.6. The van der Waals surface area contributed by atoms with Crippen LogP contribution in [0.4, 0.5) is 0 Å². The summed E-state index contributed by atoms with van der Waals surface area (Å²) in [5, 5.41) is 13.3. The lowest BCUT2D eigenvalue weighted by molar-refractivity contribution is -0.0546. The van der Waals surface area contributed by atoms with Crippen molar-refractivity contribution in [3.05, 3.63) is 0 Å². The average Bonchev–Trinajstić information content (AvgIpc) is 2.71. The fourth-order valence-electron chi connectivity index (χ4n) is 4.37. The first-order chi connectivity index (χ1) is 9.77. The number of rotatable bonds is 8. The first-order valence-corrected chi connectivity index (χ1v) is 8.77. The summed E-state index contributed by atoms with van der Waals surface area (Å²) >= 11 is 0. The van der Waals surface area contributed by atoms with Crippen LogP contribution in [0.25, 0.3) is 0 Å². The molecule has 0 unspecified atom stereocenters. The molecule has 3 nitrogen and oxygen atoms in total. The van der Waals surface area contributed by atoms with Crippen molar-refractivity contribution in [1.82, 2.24) is 5.32 Å². The number of hydrogen-bond acceptors (Lipinski definition) is 3. The molecule has 0 heterocycles. The Bertz CT molecular complexity index is 342. The minimum atomic E-state index is -0.289. The molecule has 4 atom stereocenters. The van der Waals surface area contributed by atoms with E-state index in [0.717, 1.165) is 18.9 Å². The fourth-order valence-corrected chi connectivity index (χ4v) is 4.37. The van der Waals surface area contributed by atoms with E-state index >= 15 is 0 Å². The number of fused-ring (bicyclic) bond motifs is 2. The van der Waals surface area contributed by atoms with Crippen LogP contribution in [-0.4, -0.2) is 37.0 Å². The first kappa shape index (κ1) is 17.2. The molecule has 2 N–H and O–H groups in total. The molecule has 2 saturated carbocycles. The van der Waals surface area contributed by atoms with E-state index in [0.29, 0.717) is 36.0 Å². The Morgan fingerprint density at radius 1 is 1.24 bits per heavy atom. The molecule has 3 heteroatoms. The Kier molecular flexibility index (Phi) is 5.38. The van der Waals surface area contributed by atoms with Gasteiger partial charge in [-0.15, -0.1) is 0 Å². The molecular weight excluding hydrogens is 262 g/mol. The highest BCUT2D eigenvalue weighted by atomic mass is 16.5. The number of nitrogens with one attached hydrogen (secondary N) is 1. The first-order valence-electron chi connectivity index (χ1n) is 8.77. The third kappa shape index (κ3) is 3.46. The standard InChI is InChI=1S/C18H35NO2/c1-13(2)11-19-12-15(20)7-9-21-16-10-14-6-8-18(16,5)17(14,3)4/h13-16,19-20H,6-12H2,1-5H3/t14-,15-,16+,18-/m1/s1. The molecule has 2 fully saturated rings. The highest BCUT2D eigenvalue weighted by molar-refractivity contribution is 5.11. The van der Waals surface area contributed by atoms with E-state index in [2.05, 4.69) is 39.9 Å². The maximum atomic E-state index is 9.99. The molecule has 2 rings (SSSR count). The van der Waals surface area contributed by atoms with Gasteiger partial charge in [0, 0.05) is 13.2 Å². The third-order valence-corrected chi connectivity index (χ3v) is 6.42. The Hall–Kier alpha value is -0.120. The Balaban J connectivity index is 1.68. The molecule has 0 radical (unpaired) electrons. The summed E-state index contributed by atoms with van der Waals surface area (Å²) < 4.78 is 6.19. The Labute approximate surface area is 130 Å². The van der Waals surface area contributed by atoms with Crippen molar-refractivity contribution >= 4 is 0 Å². The molecule has 0 aromatic carbocycles. The van der Waals surface area contributed by atoms with Gasteiger partial charge in [0.2, 0.25) is 0 Å². The van der Waals surface area contributed by atoms with Crippen LogP contribution in [0.3, 0.4) is 0 Å². The Morgan fingerprint density at radius 2 is 1.95 bits per heavy atom. The number of aliphatic hydroxyl groups excluding tert-OH is 1. The van der Waals surface area contributed by atoms with Gasteiger partial charge in [-0.3, -0.25) is 0 Å². The minimum Gasteiger partial charge on any atom is -0.392 e. The summed E-state index contributed by atoms with van der Waals surface area (Å²) in [5.74, 6) is 1.45. The van der Waals surface area contributed by atoms with Gasteiger partial charge in [0.1, 0.15) is 0 Å². The van der Waals surface area contributed by atoms with Crippen molar-refractivity contribution in [3.63, 3.8) is 0 Å². The normalized spacial score (nSPS) is 35.6. The second-order valence-electron chi connectivity index (χ2n) is 8.46. The SMILES string of the molecule is CC(C)CNC[C@H](O)CCO[C@H]1C[C@H]2CC[C@@]1(C)C2(C)C. The molecule has 2 bridgehead atoms. The van der Waals surface area contributed by atoms with Crippen LogP contribution in [0.15, 0.2) is 0 Å². The highest BCUT2D eigenvalue weighted by Crippen LogP contribution is 2.66. The zero-order valence-corrected chi connectivity index (χ0v) is 14.6. The van der Waals surface area contributed by atoms with Crippen molar-refractivity contribution in [2.24, 2.45) is 22.7 Å².